The second-order valence-corrected chi connectivity index (χ2v) is 12.6. The molecule has 7 nitrogen and oxygen atoms in total. The Balaban J connectivity index is 1.85. The lowest BCUT2D eigenvalue weighted by Gasteiger charge is -2.22. The Hall–Kier alpha value is -2.88. The van der Waals surface area contributed by atoms with Gasteiger partial charge in [0.05, 0.1) is 37.8 Å². The van der Waals surface area contributed by atoms with Gasteiger partial charge in [0, 0.05) is 11.8 Å². The molecule has 0 aliphatic rings. The topological polar surface area (TPSA) is 101 Å². The average molecular weight is 593 g/mol. The van der Waals surface area contributed by atoms with E-state index in [-0.39, 0.29) is 17.2 Å². The van der Waals surface area contributed by atoms with Crippen molar-refractivity contribution >= 4 is 50.5 Å². The van der Waals surface area contributed by atoms with Crippen molar-refractivity contribution in [1.29, 1.82) is 0 Å². The van der Waals surface area contributed by atoms with Crippen molar-refractivity contribution in [3.63, 3.8) is 0 Å². The third-order valence-electron chi connectivity index (χ3n) is 5.78. The van der Waals surface area contributed by atoms with Crippen LogP contribution in [0.15, 0.2) is 71.6 Å². The van der Waals surface area contributed by atoms with E-state index in [2.05, 4.69) is 10.4 Å². The van der Waals surface area contributed by atoms with Crippen LogP contribution in [0.4, 0.5) is 0 Å². The molecule has 0 atom stereocenters. The molecule has 3 aromatic carbocycles. The summed E-state index contributed by atoms with van der Waals surface area (Å²) in [6.07, 6.45) is 1.15. The molecule has 2 N–H and O–H groups in total. The number of aromatic nitrogens is 2. The van der Waals surface area contributed by atoms with Crippen molar-refractivity contribution in [3.8, 4) is 28.1 Å². The van der Waals surface area contributed by atoms with E-state index < -0.39 is 21.3 Å². The van der Waals surface area contributed by atoms with Gasteiger partial charge in [0.2, 0.25) is 0 Å². The lowest BCUT2D eigenvalue weighted by Crippen LogP contribution is -2.46. The molecule has 11 heteroatoms. The van der Waals surface area contributed by atoms with Gasteiger partial charge in [-0.15, -0.1) is 0 Å². The number of benzene rings is 3. The molecule has 0 aliphatic carbocycles. The van der Waals surface area contributed by atoms with Crippen LogP contribution in [0.2, 0.25) is 15.1 Å². The zero-order valence-corrected chi connectivity index (χ0v) is 23.8. The average Bonchev–Trinajstić information content (AvgIpc) is 3.28. The van der Waals surface area contributed by atoms with E-state index in [0.29, 0.717) is 43.1 Å². The minimum absolute atomic E-state index is 0.0681. The molecule has 4 rings (SSSR count). The number of carbonyl (C=O) groups excluding carboxylic acids is 1. The monoisotopic (exact) mass is 591 g/mol. The first-order chi connectivity index (χ1) is 17.8. The molecule has 1 aromatic heterocycles. The summed E-state index contributed by atoms with van der Waals surface area (Å²) in [6, 6.07) is 18.4. The van der Waals surface area contributed by atoms with E-state index in [9.17, 15) is 18.3 Å². The zero-order chi connectivity index (χ0) is 27.8. The van der Waals surface area contributed by atoms with Crippen molar-refractivity contribution in [2.45, 2.75) is 24.3 Å². The number of nitrogens with zero attached hydrogens (tertiary/aromatic N) is 2. The van der Waals surface area contributed by atoms with E-state index in [1.54, 1.807) is 74.5 Å². The second kappa shape index (κ2) is 10.7. The Morgan fingerprint density at radius 1 is 0.947 bits per heavy atom. The first kappa shape index (κ1) is 28.1. The van der Waals surface area contributed by atoms with E-state index in [0.717, 1.165) is 6.26 Å². The quantitative estimate of drug-likeness (QED) is 0.271. The zero-order valence-electron chi connectivity index (χ0n) is 20.7. The number of carbonyl (C=O) groups is 1. The summed E-state index contributed by atoms with van der Waals surface area (Å²) in [6.45, 7) is 3.10. The number of rotatable bonds is 7. The fourth-order valence-electron chi connectivity index (χ4n) is 3.77. The highest BCUT2D eigenvalue weighted by atomic mass is 35.5. The predicted octanol–water partition coefficient (Wildman–Crippen LogP) is 6.07. The van der Waals surface area contributed by atoms with Crippen LogP contribution in [-0.2, 0) is 9.84 Å². The Labute approximate surface area is 235 Å². The Morgan fingerprint density at radius 3 is 2.18 bits per heavy atom. The van der Waals surface area contributed by atoms with Crippen LogP contribution in [0.25, 0.3) is 28.1 Å². The molecule has 0 aliphatic heterocycles. The molecule has 0 fully saturated rings. The van der Waals surface area contributed by atoms with Crippen molar-refractivity contribution in [2.75, 3.05) is 12.9 Å². The van der Waals surface area contributed by atoms with Gasteiger partial charge in [-0.2, -0.15) is 5.10 Å². The second-order valence-electron chi connectivity index (χ2n) is 9.39. The standard InChI is InChI=1S/C27H24Cl3N3O4S/c1-27(2,15-34)31-26(35)23-14-24(33(32-23)25-20(28)8-5-9-21(25)29)19-11-10-17(13-22(19)30)16-6-4-7-18(12-16)38(3,36)37/h4-14,34H,15H2,1-3H3,(H,31,35). The summed E-state index contributed by atoms with van der Waals surface area (Å²) in [7, 11) is -3.38. The summed E-state index contributed by atoms with van der Waals surface area (Å²) in [5.74, 6) is -0.502. The smallest absolute Gasteiger partial charge is 0.272 e. The van der Waals surface area contributed by atoms with Crippen LogP contribution in [0, 0.1) is 0 Å². The fourth-order valence-corrected chi connectivity index (χ4v) is 5.27. The normalized spacial score (nSPS) is 12.0. The number of hydrogen-bond donors (Lipinski definition) is 2. The highest BCUT2D eigenvalue weighted by Crippen LogP contribution is 2.37. The third-order valence-corrected chi connectivity index (χ3v) is 7.81. The number of hydrogen-bond acceptors (Lipinski definition) is 5. The lowest BCUT2D eigenvalue weighted by atomic mass is 10.0. The van der Waals surface area contributed by atoms with Gasteiger partial charge in [-0.3, -0.25) is 4.79 Å². The summed E-state index contributed by atoms with van der Waals surface area (Å²) in [5, 5.41) is 17.8. The number of amides is 1. The highest BCUT2D eigenvalue weighted by molar-refractivity contribution is 7.90. The number of sulfone groups is 1. The highest BCUT2D eigenvalue weighted by Gasteiger charge is 2.25. The summed E-state index contributed by atoms with van der Waals surface area (Å²) < 4.78 is 25.5. The summed E-state index contributed by atoms with van der Waals surface area (Å²) in [4.78, 5) is 13.2. The minimum Gasteiger partial charge on any atom is -0.394 e. The molecule has 0 radical (unpaired) electrons. The third kappa shape index (κ3) is 5.90. The molecule has 0 saturated heterocycles. The SMILES string of the molecule is CC(C)(CO)NC(=O)c1cc(-c2ccc(-c3cccc(S(C)(=O)=O)c3)cc2Cl)n(-c2c(Cl)cccc2Cl)n1. The van der Waals surface area contributed by atoms with Crippen molar-refractivity contribution in [3.05, 3.63) is 87.5 Å². The van der Waals surface area contributed by atoms with Crippen LogP contribution < -0.4 is 5.32 Å². The molecular formula is C27H24Cl3N3O4S. The maximum absolute atomic E-state index is 13.0. The van der Waals surface area contributed by atoms with E-state index in [1.165, 1.54) is 10.7 Å². The van der Waals surface area contributed by atoms with E-state index >= 15 is 0 Å². The Kier molecular flexibility index (Phi) is 7.93. The number of para-hydroxylation sites is 1. The van der Waals surface area contributed by atoms with Crippen molar-refractivity contribution in [2.24, 2.45) is 0 Å². The van der Waals surface area contributed by atoms with Crippen LogP contribution in [0.3, 0.4) is 0 Å². The first-order valence-corrected chi connectivity index (χ1v) is 14.4. The molecule has 38 heavy (non-hydrogen) atoms. The maximum Gasteiger partial charge on any atom is 0.272 e. The predicted molar refractivity (Wildman–Crippen MR) is 151 cm³/mol. The van der Waals surface area contributed by atoms with Gasteiger partial charge in [0.25, 0.3) is 5.91 Å². The van der Waals surface area contributed by atoms with Crippen molar-refractivity contribution < 1.29 is 18.3 Å². The number of aliphatic hydroxyl groups excluding tert-OH is 1. The summed E-state index contributed by atoms with van der Waals surface area (Å²) in [5.41, 5.74) is 1.94. The Morgan fingerprint density at radius 2 is 1.58 bits per heavy atom. The minimum atomic E-state index is -3.38. The molecule has 1 heterocycles. The molecule has 0 spiro atoms. The number of aliphatic hydroxyl groups is 1. The van der Waals surface area contributed by atoms with Gasteiger partial charge in [-0.1, -0.05) is 65.1 Å². The van der Waals surface area contributed by atoms with Gasteiger partial charge < -0.3 is 10.4 Å². The molecule has 0 bridgehead atoms. The molecule has 1 amide bonds. The van der Waals surface area contributed by atoms with E-state index in [4.69, 9.17) is 34.8 Å². The van der Waals surface area contributed by atoms with Crippen LogP contribution >= 0.6 is 34.8 Å². The maximum atomic E-state index is 13.0. The fraction of sp³-hybridized carbons (Fsp3) is 0.185. The molecule has 198 valence electrons. The molecule has 4 aromatic rings. The number of nitrogens with one attached hydrogen (secondary N) is 1. The van der Waals surface area contributed by atoms with Crippen LogP contribution in [0.5, 0.6) is 0 Å². The van der Waals surface area contributed by atoms with Crippen LogP contribution in [-0.4, -0.2) is 47.6 Å². The summed E-state index contributed by atoms with van der Waals surface area (Å²) >= 11 is 19.7. The van der Waals surface area contributed by atoms with Gasteiger partial charge in [0.15, 0.2) is 15.5 Å². The molecular weight excluding hydrogens is 569 g/mol. The van der Waals surface area contributed by atoms with Gasteiger partial charge in [0.1, 0.15) is 5.69 Å². The largest absolute Gasteiger partial charge is 0.394 e. The molecule has 0 saturated carbocycles. The van der Waals surface area contributed by atoms with E-state index in [1.807, 2.05) is 0 Å². The van der Waals surface area contributed by atoms with Gasteiger partial charge in [-0.05, 0) is 61.4 Å². The van der Waals surface area contributed by atoms with Gasteiger partial charge >= 0.3 is 0 Å². The van der Waals surface area contributed by atoms with Crippen molar-refractivity contribution in [1.82, 2.24) is 15.1 Å². The van der Waals surface area contributed by atoms with Crippen LogP contribution in [0.1, 0.15) is 24.3 Å². The molecule has 0 unspecified atom stereocenters. The lowest BCUT2D eigenvalue weighted by molar-refractivity contribution is 0.0864. The first-order valence-electron chi connectivity index (χ1n) is 11.4. The number of halogens is 3. The Bertz CT molecular complexity index is 1630. The van der Waals surface area contributed by atoms with Gasteiger partial charge in [-0.25, -0.2) is 13.1 Å².